The lowest BCUT2D eigenvalue weighted by atomic mass is 10.2. The number of sulfonamides is 1. The average Bonchev–Trinajstić information content (AvgIpc) is 2.72. The van der Waals surface area contributed by atoms with E-state index in [2.05, 4.69) is 10.1 Å². The second kappa shape index (κ2) is 6.32. The number of piperidine rings is 1. The van der Waals surface area contributed by atoms with Gasteiger partial charge in [-0.05, 0) is 32.9 Å². The first-order chi connectivity index (χ1) is 9.03. The Morgan fingerprint density at radius 3 is 2.63 bits per heavy atom. The summed E-state index contributed by atoms with van der Waals surface area (Å²) < 4.78 is 24.7. The zero-order valence-corrected chi connectivity index (χ0v) is 13.0. The molecular weight excluding hydrogens is 282 g/mol. The highest BCUT2D eigenvalue weighted by Gasteiger charge is 2.23. The number of hydrogen-bond acceptors (Lipinski definition) is 5. The molecule has 0 unspecified atom stereocenters. The van der Waals surface area contributed by atoms with Gasteiger partial charge in [0.05, 0.1) is 4.90 Å². The van der Waals surface area contributed by atoms with Gasteiger partial charge >= 0.3 is 0 Å². The van der Waals surface area contributed by atoms with Crippen LogP contribution in [0.4, 0.5) is 0 Å². The standard InChI is InChI=1S/C12H21N3O2S2/c1-10-12(8-11(18-10)9-13-2)19(16,17)14-15-6-4-3-5-7-15/h8,13-14H,3-7,9H2,1-2H3. The molecule has 0 spiro atoms. The van der Waals surface area contributed by atoms with Crippen molar-refractivity contribution in [2.24, 2.45) is 0 Å². The Balaban J connectivity index is 2.14. The van der Waals surface area contributed by atoms with E-state index in [0.717, 1.165) is 35.7 Å². The summed E-state index contributed by atoms with van der Waals surface area (Å²) in [6.45, 7) is 4.15. The Kier molecular flexibility index (Phi) is 4.97. The van der Waals surface area contributed by atoms with Crippen LogP contribution in [0.1, 0.15) is 29.0 Å². The van der Waals surface area contributed by atoms with Gasteiger partial charge in [0.2, 0.25) is 0 Å². The number of hydrazine groups is 1. The van der Waals surface area contributed by atoms with Crippen molar-refractivity contribution in [2.75, 3.05) is 20.1 Å². The maximum absolute atomic E-state index is 12.4. The molecule has 7 heteroatoms. The second-order valence-corrected chi connectivity index (χ2v) is 7.78. The van der Waals surface area contributed by atoms with Gasteiger partial charge in [-0.15, -0.1) is 16.2 Å². The van der Waals surface area contributed by atoms with Crippen LogP contribution in [0, 0.1) is 6.92 Å². The van der Waals surface area contributed by atoms with Crippen molar-refractivity contribution < 1.29 is 8.42 Å². The van der Waals surface area contributed by atoms with E-state index in [0.29, 0.717) is 11.4 Å². The van der Waals surface area contributed by atoms with E-state index in [-0.39, 0.29) is 0 Å². The van der Waals surface area contributed by atoms with Crippen LogP contribution < -0.4 is 10.1 Å². The predicted octanol–water partition coefficient (Wildman–Crippen LogP) is 1.46. The van der Waals surface area contributed by atoms with Crippen molar-refractivity contribution in [1.29, 1.82) is 0 Å². The molecule has 19 heavy (non-hydrogen) atoms. The first kappa shape index (κ1) is 14.9. The molecule has 0 aromatic carbocycles. The Bertz CT molecular complexity index is 519. The van der Waals surface area contributed by atoms with Crippen LogP contribution in [-0.2, 0) is 16.6 Å². The Labute approximate surface area is 119 Å². The van der Waals surface area contributed by atoms with E-state index in [9.17, 15) is 8.42 Å². The molecule has 0 amide bonds. The number of rotatable bonds is 5. The van der Waals surface area contributed by atoms with Gasteiger partial charge in [-0.25, -0.2) is 13.4 Å². The van der Waals surface area contributed by atoms with Crippen molar-refractivity contribution in [3.63, 3.8) is 0 Å². The number of thiophene rings is 1. The van der Waals surface area contributed by atoms with E-state index in [1.165, 1.54) is 17.8 Å². The summed E-state index contributed by atoms with van der Waals surface area (Å²) in [7, 11) is -1.57. The fourth-order valence-electron chi connectivity index (χ4n) is 2.26. The SMILES string of the molecule is CNCc1cc(S(=O)(=O)NN2CCCCC2)c(C)s1. The fraction of sp³-hybridized carbons (Fsp3) is 0.667. The molecule has 1 saturated heterocycles. The maximum atomic E-state index is 12.4. The molecule has 108 valence electrons. The van der Waals surface area contributed by atoms with Gasteiger partial charge in [-0.2, -0.15) is 0 Å². The summed E-state index contributed by atoms with van der Waals surface area (Å²) in [5.74, 6) is 0. The molecule has 0 saturated carbocycles. The number of hydrogen-bond donors (Lipinski definition) is 2. The van der Waals surface area contributed by atoms with Crippen LogP contribution in [-0.4, -0.2) is 33.6 Å². The van der Waals surface area contributed by atoms with E-state index >= 15 is 0 Å². The van der Waals surface area contributed by atoms with Crippen molar-refractivity contribution in [1.82, 2.24) is 15.2 Å². The maximum Gasteiger partial charge on any atom is 0.254 e. The van der Waals surface area contributed by atoms with Crippen LogP contribution in [0.25, 0.3) is 0 Å². The summed E-state index contributed by atoms with van der Waals surface area (Å²) in [4.78, 5) is 4.99. The summed E-state index contributed by atoms with van der Waals surface area (Å²) in [5, 5.41) is 4.86. The predicted molar refractivity (Wildman–Crippen MR) is 77.6 cm³/mol. The molecule has 2 heterocycles. The lowest BCUT2D eigenvalue weighted by Crippen LogP contribution is -2.44. The molecule has 2 rings (SSSR count). The third-order valence-electron chi connectivity index (χ3n) is 3.17. The Morgan fingerprint density at radius 2 is 2.00 bits per heavy atom. The summed E-state index contributed by atoms with van der Waals surface area (Å²) >= 11 is 1.53. The van der Waals surface area contributed by atoms with Gasteiger partial charge in [0, 0.05) is 29.4 Å². The zero-order chi connectivity index (χ0) is 13.9. The first-order valence-corrected chi connectivity index (χ1v) is 8.84. The highest BCUT2D eigenvalue weighted by Crippen LogP contribution is 2.25. The summed E-state index contributed by atoms with van der Waals surface area (Å²) in [5.41, 5.74) is 0. The quantitative estimate of drug-likeness (QED) is 0.864. The van der Waals surface area contributed by atoms with Crippen LogP contribution in [0.3, 0.4) is 0 Å². The molecule has 5 nitrogen and oxygen atoms in total. The molecule has 0 aliphatic carbocycles. The fourth-order valence-corrected chi connectivity index (χ4v) is 5.03. The summed E-state index contributed by atoms with van der Waals surface area (Å²) in [6, 6.07) is 1.77. The van der Waals surface area contributed by atoms with Crippen LogP contribution in [0.15, 0.2) is 11.0 Å². The van der Waals surface area contributed by atoms with Gasteiger partial charge in [0.1, 0.15) is 0 Å². The Hall–Kier alpha value is -0.470. The summed E-state index contributed by atoms with van der Waals surface area (Å²) in [6.07, 6.45) is 3.29. The van der Waals surface area contributed by atoms with Crippen molar-refractivity contribution >= 4 is 21.4 Å². The smallest absolute Gasteiger partial charge is 0.254 e. The topological polar surface area (TPSA) is 61.4 Å². The number of nitrogens with one attached hydrogen (secondary N) is 2. The van der Waals surface area contributed by atoms with Crippen LogP contribution in [0.5, 0.6) is 0 Å². The highest BCUT2D eigenvalue weighted by atomic mass is 32.2. The van der Waals surface area contributed by atoms with Gasteiger partial charge < -0.3 is 5.32 Å². The molecule has 0 atom stereocenters. The third-order valence-corrected chi connectivity index (χ3v) is 5.85. The molecular formula is C12H21N3O2S2. The van der Waals surface area contributed by atoms with E-state index in [4.69, 9.17) is 0 Å². The van der Waals surface area contributed by atoms with Gasteiger partial charge in [-0.1, -0.05) is 6.42 Å². The Morgan fingerprint density at radius 1 is 1.32 bits per heavy atom. The number of aryl methyl sites for hydroxylation is 1. The zero-order valence-electron chi connectivity index (χ0n) is 11.4. The molecule has 1 aromatic heterocycles. The van der Waals surface area contributed by atoms with Gasteiger partial charge in [0.25, 0.3) is 10.0 Å². The lowest BCUT2D eigenvalue weighted by Gasteiger charge is -2.26. The third kappa shape index (κ3) is 3.76. The van der Waals surface area contributed by atoms with Gasteiger partial charge in [0.15, 0.2) is 0 Å². The highest BCUT2D eigenvalue weighted by molar-refractivity contribution is 7.89. The average molecular weight is 303 g/mol. The molecule has 1 aliphatic heterocycles. The first-order valence-electron chi connectivity index (χ1n) is 6.54. The van der Waals surface area contributed by atoms with E-state index in [1.807, 2.05) is 19.0 Å². The molecule has 1 aromatic rings. The minimum absolute atomic E-state index is 0.410. The second-order valence-electron chi connectivity index (χ2n) is 4.81. The van der Waals surface area contributed by atoms with Crippen LogP contribution in [0.2, 0.25) is 0 Å². The molecule has 0 bridgehead atoms. The van der Waals surface area contributed by atoms with Gasteiger partial charge in [-0.3, -0.25) is 0 Å². The molecule has 1 aliphatic rings. The van der Waals surface area contributed by atoms with Crippen molar-refractivity contribution in [2.45, 2.75) is 37.6 Å². The number of nitrogens with zero attached hydrogens (tertiary/aromatic N) is 1. The monoisotopic (exact) mass is 303 g/mol. The molecule has 2 N–H and O–H groups in total. The lowest BCUT2D eigenvalue weighted by molar-refractivity contribution is 0.200. The normalized spacial score (nSPS) is 17.8. The van der Waals surface area contributed by atoms with E-state index < -0.39 is 10.0 Å². The van der Waals surface area contributed by atoms with Crippen LogP contribution >= 0.6 is 11.3 Å². The van der Waals surface area contributed by atoms with E-state index in [1.54, 1.807) is 6.07 Å². The molecule has 0 radical (unpaired) electrons. The van der Waals surface area contributed by atoms with Crippen molar-refractivity contribution in [3.8, 4) is 0 Å². The largest absolute Gasteiger partial charge is 0.315 e. The minimum Gasteiger partial charge on any atom is -0.315 e. The minimum atomic E-state index is -3.43. The molecule has 1 fully saturated rings. The van der Waals surface area contributed by atoms with Crippen molar-refractivity contribution in [3.05, 3.63) is 15.8 Å².